The van der Waals surface area contributed by atoms with Crippen LogP contribution in [0, 0.1) is 12.7 Å². The van der Waals surface area contributed by atoms with Crippen LogP contribution in [0.4, 0.5) is 4.39 Å². The first-order valence-corrected chi connectivity index (χ1v) is 8.23. The summed E-state index contributed by atoms with van der Waals surface area (Å²) in [7, 11) is -3.77. The number of hydrogen-bond donors (Lipinski definition) is 0. The molecular formula is C14H19FN2O3S. The summed E-state index contributed by atoms with van der Waals surface area (Å²) in [4.78, 5) is 13.7. The Kier molecular flexibility index (Phi) is 4.34. The van der Waals surface area contributed by atoms with Gasteiger partial charge in [0.05, 0.1) is 11.4 Å². The molecule has 0 N–H and O–H groups in total. The van der Waals surface area contributed by atoms with E-state index >= 15 is 0 Å². The first kappa shape index (κ1) is 15.9. The van der Waals surface area contributed by atoms with Crippen LogP contribution in [0.2, 0.25) is 0 Å². The molecule has 0 spiro atoms. The Labute approximate surface area is 124 Å². The molecule has 0 aromatic heterocycles. The van der Waals surface area contributed by atoms with E-state index in [-0.39, 0.29) is 29.9 Å². The highest BCUT2D eigenvalue weighted by atomic mass is 32.2. The molecule has 0 saturated carbocycles. The van der Waals surface area contributed by atoms with E-state index in [9.17, 15) is 17.6 Å². The van der Waals surface area contributed by atoms with E-state index in [1.54, 1.807) is 11.8 Å². The zero-order valence-corrected chi connectivity index (χ0v) is 13.2. The van der Waals surface area contributed by atoms with Gasteiger partial charge < -0.3 is 4.90 Å². The Morgan fingerprint density at radius 3 is 2.43 bits per heavy atom. The van der Waals surface area contributed by atoms with Crippen LogP contribution < -0.4 is 0 Å². The van der Waals surface area contributed by atoms with Gasteiger partial charge in [0, 0.05) is 19.1 Å². The van der Waals surface area contributed by atoms with Crippen molar-refractivity contribution in [2.75, 3.05) is 19.6 Å². The number of aryl methyl sites for hydroxylation is 1. The average Bonchev–Trinajstić information content (AvgIpc) is 2.37. The molecule has 2 rings (SSSR count). The number of halogens is 1. The zero-order valence-electron chi connectivity index (χ0n) is 12.3. The van der Waals surface area contributed by atoms with Crippen LogP contribution in [0.15, 0.2) is 23.1 Å². The van der Waals surface area contributed by atoms with Crippen LogP contribution >= 0.6 is 0 Å². The van der Waals surface area contributed by atoms with Gasteiger partial charge >= 0.3 is 0 Å². The Balaban J connectivity index is 2.27. The first-order chi connectivity index (χ1) is 9.73. The highest BCUT2D eigenvalue weighted by Crippen LogP contribution is 2.22. The highest BCUT2D eigenvalue weighted by molar-refractivity contribution is 7.89. The normalized spacial score (nSPS) is 17.6. The van der Waals surface area contributed by atoms with Crippen molar-refractivity contribution < 1.29 is 17.6 Å². The maximum Gasteiger partial charge on any atom is 0.243 e. The largest absolute Gasteiger partial charge is 0.338 e. The van der Waals surface area contributed by atoms with Gasteiger partial charge in [-0.2, -0.15) is 4.31 Å². The SMILES string of the molecule is Cc1cc(F)ccc1S(=O)(=O)N1CCN(C(C)C)C(=O)C1. The van der Waals surface area contributed by atoms with Crippen molar-refractivity contribution in [1.29, 1.82) is 0 Å². The number of hydrogen-bond acceptors (Lipinski definition) is 3. The van der Waals surface area contributed by atoms with Crippen LogP contribution in [0.3, 0.4) is 0 Å². The number of piperazine rings is 1. The molecule has 0 aliphatic carbocycles. The second-order valence-electron chi connectivity index (χ2n) is 5.43. The second kappa shape index (κ2) is 5.73. The van der Waals surface area contributed by atoms with Gasteiger partial charge in [-0.05, 0) is 44.5 Å². The smallest absolute Gasteiger partial charge is 0.243 e. The minimum Gasteiger partial charge on any atom is -0.338 e. The third-order valence-electron chi connectivity index (χ3n) is 3.60. The molecule has 1 heterocycles. The minimum absolute atomic E-state index is 0.0506. The van der Waals surface area contributed by atoms with Gasteiger partial charge in [-0.3, -0.25) is 4.79 Å². The number of rotatable bonds is 3. The molecule has 1 aliphatic rings. The fourth-order valence-electron chi connectivity index (χ4n) is 2.46. The zero-order chi connectivity index (χ0) is 15.8. The fourth-order valence-corrected chi connectivity index (χ4v) is 4.04. The molecule has 0 unspecified atom stereocenters. The summed E-state index contributed by atoms with van der Waals surface area (Å²) in [5.41, 5.74) is 0.341. The van der Waals surface area contributed by atoms with Crippen molar-refractivity contribution in [3.05, 3.63) is 29.6 Å². The molecule has 1 fully saturated rings. The summed E-state index contributed by atoms with van der Waals surface area (Å²) in [6, 6.07) is 3.60. The fraction of sp³-hybridized carbons (Fsp3) is 0.500. The predicted molar refractivity (Wildman–Crippen MR) is 76.7 cm³/mol. The number of carbonyl (C=O) groups excluding carboxylic acids is 1. The molecule has 0 bridgehead atoms. The summed E-state index contributed by atoms with van der Waals surface area (Å²) < 4.78 is 39.4. The lowest BCUT2D eigenvalue weighted by Crippen LogP contribution is -2.54. The molecular weight excluding hydrogens is 295 g/mol. The standard InChI is InChI=1S/C14H19FN2O3S/c1-10(2)17-7-6-16(9-14(17)18)21(19,20)13-5-4-12(15)8-11(13)3/h4-5,8,10H,6-7,9H2,1-3H3. The van der Waals surface area contributed by atoms with Gasteiger partial charge in [0.15, 0.2) is 0 Å². The number of amides is 1. The quantitative estimate of drug-likeness (QED) is 0.847. The van der Waals surface area contributed by atoms with E-state index < -0.39 is 15.8 Å². The molecule has 1 amide bonds. The molecule has 21 heavy (non-hydrogen) atoms. The molecule has 5 nitrogen and oxygen atoms in total. The molecule has 1 aliphatic heterocycles. The Bertz CT molecular complexity index is 658. The maximum absolute atomic E-state index is 13.1. The van der Waals surface area contributed by atoms with Crippen LogP contribution in [0.5, 0.6) is 0 Å². The van der Waals surface area contributed by atoms with Crippen molar-refractivity contribution in [3.63, 3.8) is 0 Å². The Hall–Kier alpha value is -1.47. The molecule has 1 aromatic carbocycles. The van der Waals surface area contributed by atoms with Gasteiger partial charge in [0.2, 0.25) is 15.9 Å². The van der Waals surface area contributed by atoms with Gasteiger partial charge in [0.25, 0.3) is 0 Å². The molecule has 0 radical (unpaired) electrons. The third kappa shape index (κ3) is 3.08. The summed E-state index contributed by atoms with van der Waals surface area (Å²) in [5.74, 6) is -0.688. The lowest BCUT2D eigenvalue weighted by Gasteiger charge is -2.36. The predicted octanol–water partition coefficient (Wildman–Crippen LogP) is 1.38. The Morgan fingerprint density at radius 1 is 1.24 bits per heavy atom. The molecule has 116 valence electrons. The van der Waals surface area contributed by atoms with E-state index in [2.05, 4.69) is 0 Å². The minimum atomic E-state index is -3.77. The average molecular weight is 314 g/mol. The molecule has 0 atom stereocenters. The third-order valence-corrected chi connectivity index (χ3v) is 5.61. The van der Waals surface area contributed by atoms with Crippen molar-refractivity contribution >= 4 is 15.9 Å². The lowest BCUT2D eigenvalue weighted by atomic mass is 10.2. The van der Waals surface area contributed by atoms with Crippen molar-refractivity contribution in [2.24, 2.45) is 0 Å². The van der Waals surface area contributed by atoms with Crippen LogP contribution in [-0.2, 0) is 14.8 Å². The summed E-state index contributed by atoms with van der Waals surface area (Å²) in [6.45, 7) is 5.79. The lowest BCUT2D eigenvalue weighted by molar-refractivity contribution is -0.135. The topological polar surface area (TPSA) is 57.7 Å². The first-order valence-electron chi connectivity index (χ1n) is 6.79. The van der Waals surface area contributed by atoms with Crippen molar-refractivity contribution in [1.82, 2.24) is 9.21 Å². The van der Waals surface area contributed by atoms with Crippen LogP contribution in [-0.4, -0.2) is 49.2 Å². The molecule has 1 saturated heterocycles. The monoisotopic (exact) mass is 314 g/mol. The van der Waals surface area contributed by atoms with E-state index in [1.807, 2.05) is 13.8 Å². The maximum atomic E-state index is 13.1. The molecule has 7 heteroatoms. The van der Waals surface area contributed by atoms with Crippen LogP contribution in [0.1, 0.15) is 19.4 Å². The summed E-state index contributed by atoms with van der Waals surface area (Å²) >= 11 is 0. The summed E-state index contributed by atoms with van der Waals surface area (Å²) in [5, 5.41) is 0. The van der Waals surface area contributed by atoms with E-state index in [0.29, 0.717) is 12.1 Å². The number of benzene rings is 1. The second-order valence-corrected chi connectivity index (χ2v) is 7.34. The van der Waals surface area contributed by atoms with Crippen molar-refractivity contribution in [2.45, 2.75) is 31.7 Å². The number of sulfonamides is 1. The Morgan fingerprint density at radius 2 is 1.90 bits per heavy atom. The van der Waals surface area contributed by atoms with Crippen LogP contribution in [0.25, 0.3) is 0 Å². The molecule has 1 aromatic rings. The number of carbonyl (C=O) groups is 1. The number of nitrogens with zero attached hydrogens (tertiary/aromatic N) is 2. The van der Waals surface area contributed by atoms with E-state index in [1.165, 1.54) is 12.1 Å². The van der Waals surface area contributed by atoms with E-state index in [4.69, 9.17) is 0 Å². The van der Waals surface area contributed by atoms with Crippen molar-refractivity contribution in [3.8, 4) is 0 Å². The highest BCUT2D eigenvalue weighted by Gasteiger charge is 2.34. The summed E-state index contributed by atoms with van der Waals surface area (Å²) in [6.07, 6.45) is 0. The van der Waals surface area contributed by atoms with Gasteiger partial charge in [-0.15, -0.1) is 0 Å². The van der Waals surface area contributed by atoms with Gasteiger partial charge in [0.1, 0.15) is 5.82 Å². The van der Waals surface area contributed by atoms with Gasteiger partial charge in [-0.25, -0.2) is 12.8 Å². The van der Waals surface area contributed by atoms with Gasteiger partial charge in [-0.1, -0.05) is 0 Å². The van der Waals surface area contributed by atoms with E-state index in [0.717, 1.165) is 10.4 Å².